The molecule has 4 nitrogen and oxygen atoms in total. The van der Waals surface area contributed by atoms with Gasteiger partial charge in [0.2, 0.25) is 0 Å². The van der Waals surface area contributed by atoms with Crippen LogP contribution in [0.5, 0.6) is 0 Å². The highest BCUT2D eigenvalue weighted by Crippen LogP contribution is 2.27. The van der Waals surface area contributed by atoms with E-state index in [2.05, 4.69) is 20.9 Å². The Bertz CT molecular complexity index is 506. The van der Waals surface area contributed by atoms with E-state index in [0.717, 1.165) is 30.4 Å². The van der Waals surface area contributed by atoms with Crippen LogP contribution in [0.25, 0.3) is 10.9 Å². The Morgan fingerprint density at radius 1 is 1.38 bits per heavy atom. The van der Waals surface area contributed by atoms with Crippen LogP contribution >= 0.6 is 0 Å². The Hall–Kier alpha value is -1.68. The van der Waals surface area contributed by atoms with Gasteiger partial charge in [0.15, 0.2) is 0 Å². The van der Waals surface area contributed by atoms with Gasteiger partial charge < -0.3 is 10.6 Å². The Morgan fingerprint density at radius 2 is 2.31 bits per heavy atom. The van der Waals surface area contributed by atoms with Crippen molar-refractivity contribution in [1.82, 2.24) is 9.97 Å². The van der Waals surface area contributed by atoms with Gasteiger partial charge in [-0.3, -0.25) is 0 Å². The third-order valence-electron chi connectivity index (χ3n) is 3.09. The van der Waals surface area contributed by atoms with E-state index >= 15 is 0 Å². The van der Waals surface area contributed by atoms with Crippen molar-refractivity contribution < 1.29 is 0 Å². The second-order valence-electron chi connectivity index (χ2n) is 4.23. The van der Waals surface area contributed by atoms with Gasteiger partial charge in [-0.05, 0) is 18.6 Å². The largest absolute Gasteiger partial charge is 0.369 e. The van der Waals surface area contributed by atoms with Gasteiger partial charge in [0.05, 0.1) is 5.52 Å². The van der Waals surface area contributed by atoms with Crippen LogP contribution in [0.2, 0.25) is 0 Å². The van der Waals surface area contributed by atoms with Crippen LogP contribution in [0.3, 0.4) is 0 Å². The van der Waals surface area contributed by atoms with Gasteiger partial charge in [-0.1, -0.05) is 6.07 Å². The van der Waals surface area contributed by atoms with E-state index in [4.69, 9.17) is 5.73 Å². The summed E-state index contributed by atoms with van der Waals surface area (Å²) in [6, 6.07) is 6.45. The molecule has 1 aliphatic heterocycles. The Kier molecular flexibility index (Phi) is 2.22. The van der Waals surface area contributed by atoms with Crippen molar-refractivity contribution in [2.75, 3.05) is 18.0 Å². The van der Waals surface area contributed by atoms with Crippen LogP contribution in [0.4, 0.5) is 5.69 Å². The first-order chi connectivity index (χ1) is 7.84. The van der Waals surface area contributed by atoms with Crippen molar-refractivity contribution >= 4 is 16.6 Å². The van der Waals surface area contributed by atoms with Crippen LogP contribution in [-0.2, 0) is 0 Å². The molecule has 1 aromatic heterocycles. The van der Waals surface area contributed by atoms with Crippen LogP contribution in [0, 0.1) is 0 Å². The van der Waals surface area contributed by atoms with E-state index in [0.29, 0.717) is 6.04 Å². The molecule has 0 aliphatic carbocycles. The van der Waals surface area contributed by atoms with Gasteiger partial charge in [0, 0.05) is 36.4 Å². The van der Waals surface area contributed by atoms with Gasteiger partial charge in [-0.15, -0.1) is 0 Å². The zero-order chi connectivity index (χ0) is 11.0. The van der Waals surface area contributed by atoms with Crippen LogP contribution in [0.15, 0.2) is 30.7 Å². The zero-order valence-electron chi connectivity index (χ0n) is 9.00. The first-order valence-electron chi connectivity index (χ1n) is 5.54. The van der Waals surface area contributed by atoms with Crippen molar-refractivity contribution in [2.24, 2.45) is 5.73 Å². The topological polar surface area (TPSA) is 55.0 Å². The lowest BCUT2D eigenvalue weighted by Gasteiger charge is -2.19. The Morgan fingerprint density at radius 3 is 3.12 bits per heavy atom. The molecule has 0 saturated carbocycles. The number of rotatable bonds is 1. The molecule has 2 aromatic rings. The normalized spacial score (nSPS) is 20.6. The first kappa shape index (κ1) is 9.54. The summed E-state index contributed by atoms with van der Waals surface area (Å²) in [7, 11) is 0. The SMILES string of the molecule is NC1CCN(c2cccc3ncncc23)C1. The third kappa shape index (κ3) is 1.51. The lowest BCUT2D eigenvalue weighted by atomic mass is 10.2. The maximum absolute atomic E-state index is 5.93. The second-order valence-corrected chi connectivity index (χ2v) is 4.23. The summed E-state index contributed by atoms with van der Waals surface area (Å²) in [5.41, 5.74) is 8.13. The fourth-order valence-corrected chi connectivity index (χ4v) is 2.27. The highest BCUT2D eigenvalue weighted by molar-refractivity contribution is 5.91. The number of hydrogen-bond donors (Lipinski definition) is 1. The number of nitrogens with zero attached hydrogens (tertiary/aromatic N) is 3. The highest BCUT2D eigenvalue weighted by Gasteiger charge is 2.20. The van der Waals surface area contributed by atoms with Gasteiger partial charge >= 0.3 is 0 Å². The summed E-state index contributed by atoms with van der Waals surface area (Å²) in [6.45, 7) is 1.95. The van der Waals surface area contributed by atoms with E-state index in [-0.39, 0.29) is 0 Å². The highest BCUT2D eigenvalue weighted by atomic mass is 15.2. The molecular weight excluding hydrogens is 200 g/mol. The number of aromatic nitrogens is 2. The molecule has 1 saturated heterocycles. The van der Waals surface area contributed by atoms with Crippen molar-refractivity contribution in [3.8, 4) is 0 Å². The van der Waals surface area contributed by atoms with Gasteiger partial charge in [0.25, 0.3) is 0 Å². The van der Waals surface area contributed by atoms with E-state index < -0.39 is 0 Å². The van der Waals surface area contributed by atoms with Crippen molar-refractivity contribution in [3.05, 3.63) is 30.7 Å². The third-order valence-corrected chi connectivity index (χ3v) is 3.09. The van der Waals surface area contributed by atoms with Crippen molar-refractivity contribution in [1.29, 1.82) is 0 Å². The molecule has 3 rings (SSSR count). The van der Waals surface area contributed by atoms with E-state index in [1.165, 1.54) is 5.69 Å². The minimum atomic E-state index is 0.292. The molecule has 0 amide bonds. The predicted molar refractivity (Wildman–Crippen MR) is 64.3 cm³/mol. The maximum atomic E-state index is 5.93. The summed E-state index contributed by atoms with van der Waals surface area (Å²) >= 11 is 0. The molecule has 16 heavy (non-hydrogen) atoms. The van der Waals surface area contributed by atoms with E-state index in [1.807, 2.05) is 18.3 Å². The number of hydrogen-bond acceptors (Lipinski definition) is 4. The fourth-order valence-electron chi connectivity index (χ4n) is 2.27. The van der Waals surface area contributed by atoms with Gasteiger partial charge in [-0.25, -0.2) is 9.97 Å². The summed E-state index contributed by atoms with van der Waals surface area (Å²) in [5, 5.41) is 1.11. The lowest BCUT2D eigenvalue weighted by Crippen LogP contribution is -2.26. The van der Waals surface area contributed by atoms with E-state index in [9.17, 15) is 0 Å². The number of benzene rings is 1. The molecule has 4 heteroatoms. The molecule has 1 aromatic carbocycles. The molecule has 1 fully saturated rings. The first-order valence-corrected chi connectivity index (χ1v) is 5.54. The monoisotopic (exact) mass is 214 g/mol. The second kappa shape index (κ2) is 3.72. The molecule has 2 N–H and O–H groups in total. The Balaban J connectivity index is 2.09. The smallest absolute Gasteiger partial charge is 0.116 e. The Labute approximate surface area is 94.1 Å². The average molecular weight is 214 g/mol. The average Bonchev–Trinajstić information content (AvgIpc) is 2.75. The summed E-state index contributed by atoms with van der Waals surface area (Å²) in [4.78, 5) is 10.7. The molecule has 2 heterocycles. The fraction of sp³-hybridized carbons (Fsp3) is 0.333. The molecular formula is C12H14N4. The van der Waals surface area contributed by atoms with Crippen molar-refractivity contribution in [2.45, 2.75) is 12.5 Å². The van der Waals surface area contributed by atoms with E-state index in [1.54, 1.807) is 6.33 Å². The summed E-state index contributed by atoms with van der Waals surface area (Å²) in [5.74, 6) is 0. The van der Waals surface area contributed by atoms with Crippen LogP contribution < -0.4 is 10.6 Å². The maximum Gasteiger partial charge on any atom is 0.116 e. The molecule has 0 radical (unpaired) electrons. The van der Waals surface area contributed by atoms with Crippen molar-refractivity contribution in [3.63, 3.8) is 0 Å². The number of anilines is 1. The quantitative estimate of drug-likeness (QED) is 0.774. The number of fused-ring (bicyclic) bond motifs is 1. The molecule has 0 spiro atoms. The van der Waals surface area contributed by atoms with Crippen LogP contribution in [0.1, 0.15) is 6.42 Å². The van der Waals surface area contributed by atoms with Crippen LogP contribution in [-0.4, -0.2) is 29.1 Å². The van der Waals surface area contributed by atoms with Gasteiger partial charge in [-0.2, -0.15) is 0 Å². The number of nitrogens with two attached hydrogens (primary N) is 1. The molecule has 0 bridgehead atoms. The minimum Gasteiger partial charge on any atom is -0.369 e. The summed E-state index contributed by atoms with van der Waals surface area (Å²) in [6.07, 6.45) is 4.52. The predicted octanol–water partition coefficient (Wildman–Crippen LogP) is 1.17. The lowest BCUT2D eigenvalue weighted by molar-refractivity contribution is 0.752. The molecule has 1 aliphatic rings. The van der Waals surface area contributed by atoms with Gasteiger partial charge in [0.1, 0.15) is 6.33 Å². The molecule has 1 atom stereocenters. The zero-order valence-corrected chi connectivity index (χ0v) is 9.00. The molecule has 1 unspecified atom stereocenters. The standard InChI is InChI=1S/C12H14N4/c13-9-4-5-16(7-9)12-3-1-2-11-10(12)6-14-8-15-11/h1-3,6,8-9H,4-5,7,13H2. The minimum absolute atomic E-state index is 0.292. The molecule has 82 valence electrons. The summed E-state index contributed by atoms with van der Waals surface area (Å²) < 4.78 is 0.